The molecule has 1 amide bonds. The van der Waals surface area contributed by atoms with Crippen LogP contribution in [0.2, 0.25) is 0 Å². The monoisotopic (exact) mass is 214 g/mol. The Morgan fingerprint density at radius 2 is 2.07 bits per heavy atom. The Morgan fingerprint density at radius 1 is 1.47 bits per heavy atom. The number of nitrogens with one attached hydrogen (secondary N) is 1. The minimum Gasteiger partial charge on any atom is -0.395 e. The molecule has 2 N–H and O–H groups in total. The average molecular weight is 214 g/mol. The molecule has 1 rings (SSSR count). The number of carbonyl (C=O) groups excluding carboxylic acids is 1. The van der Waals surface area contributed by atoms with E-state index < -0.39 is 0 Å². The van der Waals surface area contributed by atoms with Crippen molar-refractivity contribution in [2.75, 3.05) is 33.3 Å². The van der Waals surface area contributed by atoms with Gasteiger partial charge in [0.1, 0.15) is 0 Å². The van der Waals surface area contributed by atoms with Crippen LogP contribution in [0.15, 0.2) is 0 Å². The summed E-state index contributed by atoms with van der Waals surface area (Å²) in [5, 5.41) is 12.1. The molecular formula is C11H22N2O2. The SMILES string of the molecule is CCC1(C(=O)N(C)CCO)CCNCC1. The highest BCUT2D eigenvalue weighted by molar-refractivity contribution is 5.82. The molecule has 4 nitrogen and oxygen atoms in total. The highest BCUT2D eigenvalue weighted by Crippen LogP contribution is 2.34. The lowest BCUT2D eigenvalue weighted by Crippen LogP contribution is -2.48. The second-order valence-electron chi connectivity index (χ2n) is 4.33. The summed E-state index contributed by atoms with van der Waals surface area (Å²) in [6.07, 6.45) is 2.72. The van der Waals surface area contributed by atoms with E-state index in [1.165, 1.54) is 0 Å². The summed E-state index contributed by atoms with van der Waals surface area (Å²) in [5.41, 5.74) is -0.185. The van der Waals surface area contributed by atoms with Gasteiger partial charge in [0.2, 0.25) is 5.91 Å². The lowest BCUT2D eigenvalue weighted by molar-refractivity contribution is -0.143. The fraction of sp³-hybridized carbons (Fsp3) is 0.909. The Labute approximate surface area is 91.6 Å². The van der Waals surface area contributed by atoms with Gasteiger partial charge < -0.3 is 15.3 Å². The fourth-order valence-corrected chi connectivity index (χ4v) is 2.28. The minimum absolute atomic E-state index is 0.0419. The van der Waals surface area contributed by atoms with Gasteiger partial charge in [0.15, 0.2) is 0 Å². The van der Waals surface area contributed by atoms with Crippen LogP contribution in [-0.2, 0) is 4.79 Å². The normalized spacial score (nSPS) is 19.9. The van der Waals surface area contributed by atoms with E-state index in [-0.39, 0.29) is 17.9 Å². The first-order chi connectivity index (χ1) is 7.16. The van der Waals surface area contributed by atoms with Crippen molar-refractivity contribution in [3.05, 3.63) is 0 Å². The first kappa shape index (κ1) is 12.5. The summed E-state index contributed by atoms with van der Waals surface area (Å²) in [5.74, 6) is 0.195. The van der Waals surface area contributed by atoms with Crippen molar-refractivity contribution in [3.8, 4) is 0 Å². The van der Waals surface area contributed by atoms with Crippen molar-refractivity contribution in [3.63, 3.8) is 0 Å². The number of hydrogen-bond donors (Lipinski definition) is 2. The van der Waals surface area contributed by atoms with E-state index in [0.717, 1.165) is 32.4 Å². The third-order valence-corrected chi connectivity index (χ3v) is 3.47. The van der Waals surface area contributed by atoms with Crippen molar-refractivity contribution in [1.82, 2.24) is 10.2 Å². The Morgan fingerprint density at radius 3 is 2.53 bits per heavy atom. The molecular weight excluding hydrogens is 192 g/mol. The zero-order valence-electron chi connectivity index (χ0n) is 9.75. The Kier molecular flexibility index (Phi) is 4.54. The van der Waals surface area contributed by atoms with E-state index in [1.54, 1.807) is 11.9 Å². The van der Waals surface area contributed by atoms with Crippen molar-refractivity contribution in [1.29, 1.82) is 0 Å². The molecule has 1 heterocycles. The van der Waals surface area contributed by atoms with Crippen molar-refractivity contribution >= 4 is 5.91 Å². The van der Waals surface area contributed by atoms with E-state index in [4.69, 9.17) is 5.11 Å². The average Bonchev–Trinajstić information content (AvgIpc) is 2.29. The van der Waals surface area contributed by atoms with Crippen LogP contribution in [0.4, 0.5) is 0 Å². The summed E-state index contributed by atoms with van der Waals surface area (Å²) >= 11 is 0. The van der Waals surface area contributed by atoms with Crippen LogP contribution in [0.1, 0.15) is 26.2 Å². The minimum atomic E-state index is -0.185. The molecule has 0 spiro atoms. The molecule has 4 heteroatoms. The summed E-state index contributed by atoms with van der Waals surface area (Å²) in [6, 6.07) is 0. The molecule has 0 radical (unpaired) electrons. The van der Waals surface area contributed by atoms with Crippen LogP contribution < -0.4 is 5.32 Å². The van der Waals surface area contributed by atoms with Crippen molar-refractivity contribution < 1.29 is 9.90 Å². The summed E-state index contributed by atoms with van der Waals surface area (Å²) < 4.78 is 0. The smallest absolute Gasteiger partial charge is 0.228 e. The summed E-state index contributed by atoms with van der Waals surface area (Å²) in [4.78, 5) is 13.9. The summed E-state index contributed by atoms with van der Waals surface area (Å²) in [6.45, 7) is 4.41. The van der Waals surface area contributed by atoms with Gasteiger partial charge in [0.05, 0.1) is 12.0 Å². The van der Waals surface area contributed by atoms with E-state index >= 15 is 0 Å². The van der Waals surface area contributed by atoms with Crippen LogP contribution in [0, 0.1) is 5.41 Å². The standard InChI is InChI=1S/C11H22N2O2/c1-3-11(4-6-12-7-5-11)10(15)13(2)8-9-14/h12,14H,3-9H2,1-2H3. The maximum atomic E-state index is 12.2. The predicted octanol–water partition coefficient (Wildman–Crippen LogP) is 0.217. The van der Waals surface area contributed by atoms with Crippen LogP contribution in [0.3, 0.4) is 0 Å². The number of hydrogen-bond acceptors (Lipinski definition) is 3. The second kappa shape index (κ2) is 5.47. The molecule has 0 atom stereocenters. The maximum absolute atomic E-state index is 12.2. The molecule has 1 fully saturated rings. The highest BCUT2D eigenvalue weighted by atomic mass is 16.3. The molecule has 0 saturated carbocycles. The lowest BCUT2D eigenvalue weighted by Gasteiger charge is -2.38. The molecule has 0 aliphatic carbocycles. The van der Waals surface area contributed by atoms with E-state index in [2.05, 4.69) is 12.2 Å². The van der Waals surface area contributed by atoms with Gasteiger partial charge in [-0.1, -0.05) is 6.92 Å². The summed E-state index contributed by atoms with van der Waals surface area (Å²) in [7, 11) is 1.78. The second-order valence-corrected chi connectivity index (χ2v) is 4.33. The van der Waals surface area contributed by atoms with Gasteiger partial charge in [-0.25, -0.2) is 0 Å². The fourth-order valence-electron chi connectivity index (χ4n) is 2.28. The van der Waals surface area contributed by atoms with E-state index in [1.807, 2.05) is 0 Å². The molecule has 88 valence electrons. The van der Waals surface area contributed by atoms with Crippen molar-refractivity contribution in [2.45, 2.75) is 26.2 Å². The predicted molar refractivity (Wildman–Crippen MR) is 59.6 cm³/mol. The molecule has 0 bridgehead atoms. The van der Waals surface area contributed by atoms with Gasteiger partial charge in [-0.3, -0.25) is 4.79 Å². The number of rotatable bonds is 4. The third kappa shape index (κ3) is 2.69. The van der Waals surface area contributed by atoms with Gasteiger partial charge in [-0.15, -0.1) is 0 Å². The highest BCUT2D eigenvalue weighted by Gasteiger charge is 2.39. The zero-order valence-corrected chi connectivity index (χ0v) is 9.75. The molecule has 15 heavy (non-hydrogen) atoms. The maximum Gasteiger partial charge on any atom is 0.228 e. The first-order valence-corrected chi connectivity index (χ1v) is 5.73. The number of piperidine rings is 1. The molecule has 0 aromatic heterocycles. The van der Waals surface area contributed by atoms with Crippen LogP contribution in [-0.4, -0.2) is 49.2 Å². The van der Waals surface area contributed by atoms with Crippen LogP contribution in [0.25, 0.3) is 0 Å². The number of nitrogens with zero attached hydrogens (tertiary/aromatic N) is 1. The van der Waals surface area contributed by atoms with E-state index in [0.29, 0.717) is 6.54 Å². The number of aliphatic hydroxyl groups is 1. The molecule has 0 aromatic carbocycles. The third-order valence-electron chi connectivity index (χ3n) is 3.47. The Hall–Kier alpha value is -0.610. The quantitative estimate of drug-likeness (QED) is 0.704. The molecule has 0 aromatic rings. The Balaban J connectivity index is 2.67. The molecule has 0 unspecified atom stereocenters. The number of aliphatic hydroxyl groups excluding tert-OH is 1. The van der Waals surface area contributed by atoms with Gasteiger partial charge in [0, 0.05) is 13.6 Å². The van der Waals surface area contributed by atoms with Crippen LogP contribution in [0.5, 0.6) is 0 Å². The largest absolute Gasteiger partial charge is 0.395 e. The zero-order chi connectivity index (χ0) is 11.3. The number of carbonyl (C=O) groups is 1. The van der Waals surface area contributed by atoms with E-state index in [9.17, 15) is 4.79 Å². The van der Waals surface area contributed by atoms with Gasteiger partial charge in [-0.05, 0) is 32.4 Å². The van der Waals surface area contributed by atoms with Gasteiger partial charge in [-0.2, -0.15) is 0 Å². The molecule has 1 aliphatic heterocycles. The first-order valence-electron chi connectivity index (χ1n) is 5.73. The number of likely N-dealkylation sites (N-methyl/N-ethyl adjacent to an activating group) is 1. The lowest BCUT2D eigenvalue weighted by atomic mass is 9.75. The van der Waals surface area contributed by atoms with Crippen molar-refractivity contribution in [2.24, 2.45) is 5.41 Å². The van der Waals surface area contributed by atoms with Gasteiger partial charge >= 0.3 is 0 Å². The number of amides is 1. The van der Waals surface area contributed by atoms with Gasteiger partial charge in [0.25, 0.3) is 0 Å². The van der Waals surface area contributed by atoms with Crippen LogP contribution >= 0.6 is 0 Å². The topological polar surface area (TPSA) is 52.6 Å². The Bertz CT molecular complexity index is 213. The molecule has 1 aliphatic rings. The molecule has 1 saturated heterocycles.